The van der Waals surface area contributed by atoms with Gasteiger partial charge < -0.3 is 4.90 Å². The number of nitrogens with zero attached hydrogens (tertiary/aromatic N) is 3. The largest absolute Gasteiger partial charge is 0.301 e. The topological polar surface area (TPSA) is 47.3 Å². The van der Waals surface area contributed by atoms with Gasteiger partial charge >= 0.3 is 0 Å². The van der Waals surface area contributed by atoms with E-state index in [9.17, 15) is 10.1 Å². The molecule has 0 amide bonds. The van der Waals surface area contributed by atoms with E-state index in [0.29, 0.717) is 6.54 Å². The van der Waals surface area contributed by atoms with Crippen molar-refractivity contribution in [2.24, 2.45) is 0 Å². The summed E-state index contributed by atoms with van der Waals surface area (Å²) in [6.07, 6.45) is 0. The summed E-state index contributed by atoms with van der Waals surface area (Å²) in [5, 5.41) is 9.26. The summed E-state index contributed by atoms with van der Waals surface area (Å²) in [6.45, 7) is 7.43. The minimum Gasteiger partial charge on any atom is -0.301 e. The van der Waals surface area contributed by atoms with Crippen LogP contribution in [0.15, 0.2) is 30.3 Å². The van der Waals surface area contributed by atoms with Crippen LogP contribution in [-0.2, 0) is 4.79 Å². The number of ketones is 1. The van der Waals surface area contributed by atoms with E-state index in [2.05, 4.69) is 22.8 Å². The van der Waals surface area contributed by atoms with E-state index in [1.54, 1.807) is 0 Å². The van der Waals surface area contributed by atoms with Crippen LogP contribution in [0.4, 0.5) is 0 Å². The zero-order valence-electron chi connectivity index (χ0n) is 12.0. The van der Waals surface area contributed by atoms with Gasteiger partial charge in [-0.2, -0.15) is 5.26 Å². The highest BCUT2D eigenvalue weighted by molar-refractivity contribution is 5.90. The minimum atomic E-state index is -0.639. The molecule has 1 aliphatic heterocycles. The molecule has 4 heteroatoms. The van der Waals surface area contributed by atoms with Crippen LogP contribution < -0.4 is 0 Å². The number of carbonyl (C=O) groups is 1. The molecule has 1 fully saturated rings. The van der Waals surface area contributed by atoms with Crippen LogP contribution in [0.3, 0.4) is 0 Å². The number of piperazine rings is 1. The number of Topliss-reactive ketones (excluding diaryl/α,β-unsaturated/α-hetero) is 1. The van der Waals surface area contributed by atoms with Crippen LogP contribution in [0.25, 0.3) is 0 Å². The number of likely N-dealkylation sites (N-methyl/N-ethyl adjacent to an activating group) is 1. The molecule has 1 aliphatic rings. The number of benzene rings is 1. The fraction of sp³-hybridized carbons (Fsp3) is 0.500. The molecule has 0 bridgehead atoms. The number of hydrogen-bond donors (Lipinski definition) is 0. The van der Waals surface area contributed by atoms with Gasteiger partial charge in [0.1, 0.15) is 5.92 Å². The second kappa shape index (κ2) is 7.18. The lowest BCUT2D eigenvalue weighted by Gasteiger charge is -2.33. The van der Waals surface area contributed by atoms with Crippen molar-refractivity contribution in [1.82, 2.24) is 9.80 Å². The zero-order chi connectivity index (χ0) is 14.4. The van der Waals surface area contributed by atoms with Crippen LogP contribution in [0, 0.1) is 11.3 Å². The van der Waals surface area contributed by atoms with Crippen molar-refractivity contribution in [2.45, 2.75) is 12.8 Å². The number of rotatable bonds is 5. The normalized spacial score (nSPS) is 18.4. The van der Waals surface area contributed by atoms with Crippen molar-refractivity contribution in [3.05, 3.63) is 35.9 Å². The van der Waals surface area contributed by atoms with Gasteiger partial charge in [0.15, 0.2) is 5.78 Å². The van der Waals surface area contributed by atoms with Crippen LogP contribution in [0.5, 0.6) is 0 Å². The van der Waals surface area contributed by atoms with E-state index in [0.717, 1.165) is 38.3 Å². The Bertz CT molecular complexity index is 472. The molecule has 0 saturated carbocycles. The molecule has 0 aromatic heterocycles. The smallest absolute Gasteiger partial charge is 0.168 e. The van der Waals surface area contributed by atoms with Crippen LogP contribution in [0.2, 0.25) is 0 Å². The Labute approximate surface area is 120 Å². The predicted molar refractivity (Wildman–Crippen MR) is 78.4 cm³/mol. The molecule has 1 saturated heterocycles. The average molecular weight is 271 g/mol. The molecular formula is C16H21N3O. The quantitative estimate of drug-likeness (QED) is 0.814. The first kappa shape index (κ1) is 14.7. The zero-order valence-corrected chi connectivity index (χ0v) is 12.0. The minimum absolute atomic E-state index is 0.00338. The third kappa shape index (κ3) is 3.66. The molecule has 0 aliphatic carbocycles. The van der Waals surface area contributed by atoms with Crippen LogP contribution in [0.1, 0.15) is 18.4 Å². The van der Waals surface area contributed by atoms with Gasteiger partial charge in [0.2, 0.25) is 0 Å². The molecule has 106 valence electrons. The molecule has 0 radical (unpaired) electrons. The second-order valence-corrected chi connectivity index (χ2v) is 5.15. The Hall–Kier alpha value is -1.70. The summed E-state index contributed by atoms with van der Waals surface area (Å²) < 4.78 is 0. The molecule has 1 atom stereocenters. The predicted octanol–water partition coefficient (Wildman–Crippen LogP) is 1.50. The van der Waals surface area contributed by atoms with Crippen molar-refractivity contribution in [3.63, 3.8) is 0 Å². The van der Waals surface area contributed by atoms with E-state index in [4.69, 9.17) is 0 Å². The Morgan fingerprint density at radius 3 is 2.35 bits per heavy atom. The Morgan fingerprint density at radius 2 is 1.80 bits per heavy atom. The van der Waals surface area contributed by atoms with Crippen molar-refractivity contribution in [3.8, 4) is 6.07 Å². The highest BCUT2D eigenvalue weighted by Gasteiger charge is 2.24. The van der Waals surface area contributed by atoms with E-state index < -0.39 is 5.92 Å². The molecule has 0 N–H and O–H groups in total. The Morgan fingerprint density at radius 1 is 1.20 bits per heavy atom. The molecule has 1 heterocycles. The third-order valence-corrected chi connectivity index (χ3v) is 3.88. The number of hydrogen-bond acceptors (Lipinski definition) is 4. The fourth-order valence-electron chi connectivity index (χ4n) is 2.55. The van der Waals surface area contributed by atoms with E-state index in [1.165, 1.54) is 0 Å². The summed E-state index contributed by atoms with van der Waals surface area (Å²) in [4.78, 5) is 16.8. The van der Waals surface area contributed by atoms with Crippen LogP contribution >= 0.6 is 0 Å². The fourth-order valence-corrected chi connectivity index (χ4v) is 2.55. The number of carbonyl (C=O) groups excluding carboxylic acids is 1. The molecule has 2 rings (SSSR count). The Balaban J connectivity index is 1.93. The standard InChI is InChI=1S/C16H21N3O/c1-2-18-8-10-19(11-9-18)13-16(20)15(12-17)14-6-4-3-5-7-14/h3-7,15H,2,8-11,13H2,1H3/t15-/m0/s1. The van der Waals surface area contributed by atoms with Crippen molar-refractivity contribution < 1.29 is 4.79 Å². The lowest BCUT2D eigenvalue weighted by atomic mass is 9.96. The number of nitriles is 1. The monoisotopic (exact) mass is 271 g/mol. The van der Waals surface area contributed by atoms with Gasteiger partial charge in [-0.05, 0) is 12.1 Å². The van der Waals surface area contributed by atoms with Crippen molar-refractivity contribution in [2.75, 3.05) is 39.3 Å². The SMILES string of the molecule is CCN1CCN(CC(=O)[C@@H](C#N)c2ccccc2)CC1. The molecular weight excluding hydrogens is 250 g/mol. The maximum absolute atomic E-state index is 12.3. The highest BCUT2D eigenvalue weighted by atomic mass is 16.1. The average Bonchev–Trinajstić information content (AvgIpc) is 2.50. The summed E-state index contributed by atoms with van der Waals surface area (Å²) in [5.74, 6) is -0.635. The van der Waals surface area contributed by atoms with Gasteiger partial charge in [-0.25, -0.2) is 0 Å². The Kier molecular flexibility index (Phi) is 5.28. The highest BCUT2D eigenvalue weighted by Crippen LogP contribution is 2.16. The van der Waals surface area contributed by atoms with Gasteiger partial charge in [0.05, 0.1) is 12.6 Å². The van der Waals surface area contributed by atoms with Crippen LogP contribution in [-0.4, -0.2) is 54.9 Å². The molecule has 1 aromatic carbocycles. The van der Waals surface area contributed by atoms with Gasteiger partial charge in [0, 0.05) is 26.2 Å². The van der Waals surface area contributed by atoms with Gasteiger partial charge in [-0.3, -0.25) is 9.69 Å². The summed E-state index contributed by atoms with van der Waals surface area (Å²) >= 11 is 0. The molecule has 1 aromatic rings. The first-order valence-corrected chi connectivity index (χ1v) is 7.16. The third-order valence-electron chi connectivity index (χ3n) is 3.88. The van der Waals surface area contributed by atoms with Gasteiger partial charge in [-0.1, -0.05) is 37.3 Å². The first-order valence-electron chi connectivity index (χ1n) is 7.16. The van der Waals surface area contributed by atoms with Gasteiger partial charge in [0.25, 0.3) is 0 Å². The maximum Gasteiger partial charge on any atom is 0.168 e. The summed E-state index contributed by atoms with van der Waals surface area (Å²) in [6, 6.07) is 11.5. The molecule has 20 heavy (non-hydrogen) atoms. The molecule has 0 unspecified atom stereocenters. The lowest BCUT2D eigenvalue weighted by Crippen LogP contribution is -2.48. The van der Waals surface area contributed by atoms with E-state index >= 15 is 0 Å². The van der Waals surface area contributed by atoms with Crippen molar-refractivity contribution in [1.29, 1.82) is 5.26 Å². The molecule has 0 spiro atoms. The van der Waals surface area contributed by atoms with Crippen molar-refractivity contribution >= 4 is 5.78 Å². The molecule has 4 nitrogen and oxygen atoms in total. The van der Waals surface area contributed by atoms with E-state index in [-0.39, 0.29) is 5.78 Å². The first-order chi connectivity index (χ1) is 9.74. The summed E-state index contributed by atoms with van der Waals surface area (Å²) in [5.41, 5.74) is 0.798. The maximum atomic E-state index is 12.3. The summed E-state index contributed by atoms with van der Waals surface area (Å²) in [7, 11) is 0. The second-order valence-electron chi connectivity index (χ2n) is 5.15. The van der Waals surface area contributed by atoms with Gasteiger partial charge in [-0.15, -0.1) is 0 Å². The lowest BCUT2D eigenvalue weighted by molar-refractivity contribution is -0.120. The van der Waals surface area contributed by atoms with E-state index in [1.807, 2.05) is 30.3 Å².